The standard InChI is InChI=1S/C9H9N5OS2/c10-8(15)14-17-6-3-1-2-5(4-6)7-12-13-9(11)16-7/h1-4H,(H2,11,13)(H3,10,14,15). The largest absolute Gasteiger partial charge is 0.374 e. The predicted molar refractivity (Wildman–Crippen MR) is 68.3 cm³/mol. The highest BCUT2D eigenvalue weighted by Gasteiger charge is 2.05. The number of urea groups is 1. The molecule has 0 unspecified atom stereocenters. The van der Waals surface area contributed by atoms with Crippen LogP contribution in [0.15, 0.2) is 29.2 Å². The molecule has 5 N–H and O–H groups in total. The molecule has 1 aromatic carbocycles. The zero-order valence-corrected chi connectivity index (χ0v) is 10.2. The van der Waals surface area contributed by atoms with Gasteiger partial charge in [-0.15, -0.1) is 10.2 Å². The number of benzene rings is 1. The van der Waals surface area contributed by atoms with Gasteiger partial charge in [0.1, 0.15) is 5.01 Å². The third-order valence-corrected chi connectivity index (χ3v) is 3.39. The maximum absolute atomic E-state index is 10.6. The number of nitrogens with two attached hydrogens (primary N) is 2. The highest BCUT2D eigenvalue weighted by Crippen LogP contribution is 2.27. The van der Waals surface area contributed by atoms with Crippen molar-refractivity contribution < 1.29 is 4.79 Å². The minimum Gasteiger partial charge on any atom is -0.374 e. The van der Waals surface area contributed by atoms with Crippen molar-refractivity contribution in [2.75, 3.05) is 5.73 Å². The van der Waals surface area contributed by atoms with Gasteiger partial charge in [0.25, 0.3) is 0 Å². The van der Waals surface area contributed by atoms with Crippen LogP contribution in [0.25, 0.3) is 10.6 Å². The Bertz CT molecular complexity index is 542. The van der Waals surface area contributed by atoms with E-state index in [2.05, 4.69) is 14.9 Å². The van der Waals surface area contributed by atoms with Crippen molar-refractivity contribution in [1.82, 2.24) is 14.9 Å². The minimum absolute atomic E-state index is 0.424. The second-order valence-corrected chi connectivity index (χ2v) is 4.93. The highest BCUT2D eigenvalue weighted by atomic mass is 32.2. The first-order valence-corrected chi connectivity index (χ1v) is 6.20. The summed E-state index contributed by atoms with van der Waals surface area (Å²) in [4.78, 5) is 11.4. The van der Waals surface area contributed by atoms with E-state index >= 15 is 0 Å². The Balaban J connectivity index is 2.19. The first-order valence-electron chi connectivity index (χ1n) is 4.57. The number of carbonyl (C=O) groups excluding carboxylic acids is 1. The number of primary amides is 1. The third-order valence-electron chi connectivity index (χ3n) is 1.79. The summed E-state index contributed by atoms with van der Waals surface area (Å²) in [5.41, 5.74) is 11.4. The molecule has 0 fully saturated rings. The number of rotatable bonds is 3. The van der Waals surface area contributed by atoms with Crippen molar-refractivity contribution in [3.8, 4) is 10.6 Å². The second-order valence-electron chi connectivity index (χ2n) is 3.04. The molecular weight excluding hydrogens is 258 g/mol. The van der Waals surface area contributed by atoms with Crippen molar-refractivity contribution in [2.45, 2.75) is 4.90 Å². The van der Waals surface area contributed by atoms with Gasteiger partial charge in [0, 0.05) is 10.5 Å². The summed E-state index contributed by atoms with van der Waals surface area (Å²) in [5.74, 6) is 0. The van der Waals surface area contributed by atoms with E-state index in [9.17, 15) is 4.79 Å². The molecule has 2 rings (SSSR count). The van der Waals surface area contributed by atoms with E-state index in [4.69, 9.17) is 11.5 Å². The Kier molecular flexibility index (Phi) is 3.45. The zero-order valence-electron chi connectivity index (χ0n) is 8.58. The second kappa shape index (κ2) is 5.02. The highest BCUT2D eigenvalue weighted by molar-refractivity contribution is 7.98. The molecule has 1 aromatic heterocycles. The molecule has 0 atom stereocenters. The number of anilines is 1. The summed E-state index contributed by atoms with van der Waals surface area (Å²) >= 11 is 2.45. The SMILES string of the molecule is NC(=O)NSc1cccc(-c2nnc(N)s2)c1. The van der Waals surface area contributed by atoms with E-state index < -0.39 is 6.03 Å². The minimum atomic E-state index is -0.583. The molecule has 88 valence electrons. The van der Waals surface area contributed by atoms with Crippen LogP contribution in [0.4, 0.5) is 9.93 Å². The van der Waals surface area contributed by atoms with E-state index in [0.29, 0.717) is 5.13 Å². The molecule has 6 nitrogen and oxygen atoms in total. The molecule has 17 heavy (non-hydrogen) atoms. The maximum atomic E-state index is 10.6. The third kappa shape index (κ3) is 3.08. The first-order chi connectivity index (χ1) is 8.15. The first kappa shape index (κ1) is 11.7. The lowest BCUT2D eigenvalue weighted by molar-refractivity contribution is 0.254. The fourth-order valence-electron chi connectivity index (χ4n) is 1.15. The topological polar surface area (TPSA) is 107 Å². The van der Waals surface area contributed by atoms with Crippen LogP contribution in [0.5, 0.6) is 0 Å². The molecule has 1 heterocycles. The molecule has 8 heteroatoms. The number of hydrogen-bond donors (Lipinski definition) is 3. The molecule has 2 aromatic rings. The van der Waals surface area contributed by atoms with Crippen molar-refractivity contribution in [3.63, 3.8) is 0 Å². The molecule has 0 bridgehead atoms. The smallest absolute Gasteiger partial charge is 0.322 e. The fraction of sp³-hybridized carbons (Fsp3) is 0. The van der Waals surface area contributed by atoms with Gasteiger partial charge in [0.15, 0.2) is 0 Å². The van der Waals surface area contributed by atoms with Gasteiger partial charge in [0.05, 0.1) is 0 Å². The number of nitrogen functional groups attached to an aromatic ring is 1. The molecule has 0 aliphatic heterocycles. The van der Waals surface area contributed by atoms with Gasteiger partial charge in [-0.05, 0) is 24.1 Å². The van der Waals surface area contributed by atoms with E-state index in [-0.39, 0.29) is 0 Å². The van der Waals surface area contributed by atoms with E-state index in [0.717, 1.165) is 27.4 Å². The summed E-state index contributed by atoms with van der Waals surface area (Å²) in [6.45, 7) is 0. The predicted octanol–water partition coefficient (Wildman–Crippen LogP) is 1.46. The average Bonchev–Trinajstić information content (AvgIpc) is 2.74. The van der Waals surface area contributed by atoms with Gasteiger partial charge in [-0.1, -0.05) is 23.5 Å². The van der Waals surface area contributed by atoms with E-state index in [1.807, 2.05) is 24.3 Å². The van der Waals surface area contributed by atoms with E-state index in [1.54, 1.807) is 0 Å². The quantitative estimate of drug-likeness (QED) is 0.730. The lowest BCUT2D eigenvalue weighted by Crippen LogP contribution is -2.22. The van der Waals surface area contributed by atoms with Gasteiger partial charge < -0.3 is 11.5 Å². The number of nitrogens with one attached hydrogen (secondary N) is 1. The van der Waals surface area contributed by atoms with Crippen LogP contribution in [0.1, 0.15) is 0 Å². The Morgan fingerprint density at radius 1 is 1.41 bits per heavy atom. The lowest BCUT2D eigenvalue weighted by Gasteiger charge is -2.02. The molecular formula is C9H9N5OS2. The van der Waals surface area contributed by atoms with Crippen molar-refractivity contribution >= 4 is 34.4 Å². The Morgan fingerprint density at radius 2 is 2.24 bits per heavy atom. The Hall–Kier alpha value is -1.80. The van der Waals surface area contributed by atoms with Gasteiger partial charge in [-0.3, -0.25) is 4.72 Å². The monoisotopic (exact) mass is 267 g/mol. The van der Waals surface area contributed by atoms with Crippen LogP contribution in [-0.4, -0.2) is 16.2 Å². The van der Waals surface area contributed by atoms with Crippen LogP contribution in [0.3, 0.4) is 0 Å². The van der Waals surface area contributed by atoms with Crippen molar-refractivity contribution in [1.29, 1.82) is 0 Å². The number of carbonyl (C=O) groups is 1. The van der Waals surface area contributed by atoms with Gasteiger partial charge in [-0.25, -0.2) is 4.79 Å². The molecule has 0 aliphatic rings. The Morgan fingerprint density at radius 3 is 2.88 bits per heavy atom. The molecule has 0 radical (unpaired) electrons. The summed E-state index contributed by atoms with van der Waals surface area (Å²) in [5, 5.41) is 8.86. The molecule has 0 saturated carbocycles. The maximum Gasteiger partial charge on any atom is 0.322 e. The van der Waals surface area contributed by atoms with E-state index in [1.165, 1.54) is 11.3 Å². The van der Waals surface area contributed by atoms with Crippen LogP contribution in [0, 0.1) is 0 Å². The van der Waals surface area contributed by atoms with Crippen molar-refractivity contribution in [2.24, 2.45) is 5.73 Å². The van der Waals surface area contributed by atoms with Gasteiger partial charge >= 0.3 is 6.03 Å². The normalized spacial score (nSPS) is 10.1. The van der Waals surface area contributed by atoms with Gasteiger partial charge in [0.2, 0.25) is 5.13 Å². The van der Waals surface area contributed by atoms with Crippen molar-refractivity contribution in [3.05, 3.63) is 24.3 Å². The Labute approximate surface area is 106 Å². The van der Waals surface area contributed by atoms with Crippen LogP contribution in [0.2, 0.25) is 0 Å². The molecule has 0 saturated heterocycles. The molecule has 0 spiro atoms. The summed E-state index contributed by atoms with van der Waals surface area (Å²) in [7, 11) is 0. The van der Waals surface area contributed by atoms with Crippen LogP contribution < -0.4 is 16.2 Å². The summed E-state index contributed by atoms with van der Waals surface area (Å²) in [6.07, 6.45) is 0. The fourth-order valence-corrected chi connectivity index (χ4v) is 2.31. The number of aromatic nitrogens is 2. The number of hydrogen-bond acceptors (Lipinski definition) is 6. The van der Waals surface area contributed by atoms with Crippen LogP contribution >= 0.6 is 23.3 Å². The summed E-state index contributed by atoms with van der Waals surface area (Å²) in [6, 6.07) is 6.90. The molecule has 2 amide bonds. The number of amides is 2. The average molecular weight is 267 g/mol. The number of nitrogens with zero attached hydrogens (tertiary/aromatic N) is 2. The molecule has 0 aliphatic carbocycles. The lowest BCUT2D eigenvalue weighted by atomic mass is 10.2. The van der Waals surface area contributed by atoms with Gasteiger partial charge in [-0.2, -0.15) is 0 Å². The van der Waals surface area contributed by atoms with Crippen LogP contribution in [-0.2, 0) is 0 Å². The summed E-state index contributed by atoms with van der Waals surface area (Å²) < 4.78 is 2.44. The zero-order chi connectivity index (χ0) is 12.3.